The van der Waals surface area contributed by atoms with Gasteiger partial charge in [0.15, 0.2) is 0 Å². The van der Waals surface area contributed by atoms with Crippen molar-refractivity contribution in [3.05, 3.63) is 68.5 Å². The molecule has 0 aliphatic carbocycles. The van der Waals surface area contributed by atoms with Gasteiger partial charge in [0.2, 0.25) is 0 Å². The van der Waals surface area contributed by atoms with E-state index < -0.39 is 0 Å². The third-order valence-electron chi connectivity index (χ3n) is 2.97. The lowest BCUT2D eigenvalue weighted by Gasteiger charge is -2.11. The Kier molecular flexibility index (Phi) is 3.78. The van der Waals surface area contributed by atoms with Crippen molar-refractivity contribution in [2.24, 2.45) is 0 Å². The van der Waals surface area contributed by atoms with E-state index in [1.54, 1.807) is 6.07 Å². The number of benzene rings is 2. The molecular weight excluding hydrogens is 386 g/mol. The van der Waals surface area contributed by atoms with Gasteiger partial charge in [0, 0.05) is 20.5 Å². The Hall–Kier alpha value is -2.09. The molecule has 0 aliphatic heterocycles. The maximum atomic E-state index is 13.5. The maximum absolute atomic E-state index is 13.5. The first kappa shape index (κ1) is 13.9. The average Bonchev–Trinajstić information content (AvgIpc) is 2.88. The first-order valence-corrected chi connectivity index (χ1v) is 7.20. The van der Waals surface area contributed by atoms with Crippen molar-refractivity contribution in [1.29, 1.82) is 0 Å². The normalized spacial score (nSPS) is 10.6. The molecule has 2 N–H and O–H groups in total. The third kappa shape index (κ3) is 2.99. The molecule has 0 amide bonds. The molecule has 1 aromatic heterocycles. The minimum Gasteiger partial charge on any atom is -0.386 e. The summed E-state index contributed by atoms with van der Waals surface area (Å²) in [4.78, 5) is 11.7. The Balaban J connectivity index is 2.05. The van der Waals surface area contributed by atoms with Gasteiger partial charge in [-0.1, -0.05) is 0 Å². The topological polar surface area (TPSA) is 58.0 Å². The van der Waals surface area contributed by atoms with Gasteiger partial charge in [-0.15, -0.1) is 0 Å². The van der Waals surface area contributed by atoms with E-state index in [0.29, 0.717) is 16.8 Å². The zero-order valence-electron chi connectivity index (χ0n) is 10.7. The molecule has 0 aliphatic rings. The highest BCUT2D eigenvalue weighted by Crippen LogP contribution is 2.29. The van der Waals surface area contributed by atoms with Crippen molar-refractivity contribution in [2.45, 2.75) is 0 Å². The smallest absolute Gasteiger partial charge is 0.287 e. The monoisotopic (exact) mass is 396 g/mol. The summed E-state index contributed by atoms with van der Waals surface area (Å²) in [5.41, 5.74) is 1.88. The van der Waals surface area contributed by atoms with Crippen LogP contribution in [0.25, 0.3) is 11.1 Å². The number of halogens is 2. The lowest BCUT2D eigenvalue weighted by Crippen LogP contribution is -2.03. The number of nitrogens with one attached hydrogen (secondary N) is 2. The van der Waals surface area contributed by atoms with Gasteiger partial charge >= 0.3 is 0 Å². The Morgan fingerprint density at radius 3 is 2.52 bits per heavy atom. The summed E-state index contributed by atoms with van der Waals surface area (Å²) in [6, 6.07) is 11.8. The molecule has 0 fully saturated rings. The van der Waals surface area contributed by atoms with Gasteiger partial charge < -0.3 is 9.84 Å². The van der Waals surface area contributed by atoms with E-state index in [1.165, 1.54) is 18.4 Å². The summed E-state index contributed by atoms with van der Waals surface area (Å²) in [7, 11) is 0. The van der Waals surface area contributed by atoms with Gasteiger partial charge in [0.1, 0.15) is 12.1 Å². The van der Waals surface area contributed by atoms with Crippen LogP contribution in [0, 0.1) is 9.39 Å². The Morgan fingerprint density at radius 2 is 1.86 bits per heavy atom. The zero-order chi connectivity index (χ0) is 14.8. The molecule has 1 heterocycles. The molecule has 0 spiro atoms. The minimum atomic E-state index is -0.383. The van der Waals surface area contributed by atoms with Crippen LogP contribution in [0.5, 0.6) is 0 Å². The van der Waals surface area contributed by atoms with Crippen LogP contribution >= 0.6 is 22.6 Å². The predicted molar refractivity (Wildman–Crippen MR) is 87.2 cm³/mol. The predicted octanol–water partition coefficient (Wildman–Crippen LogP) is 4.12. The van der Waals surface area contributed by atoms with E-state index in [2.05, 4.69) is 33.1 Å². The van der Waals surface area contributed by atoms with Crippen LogP contribution in [0.1, 0.15) is 0 Å². The molecule has 0 unspecified atom stereocenters. The van der Waals surface area contributed by atoms with Gasteiger partial charge in [-0.3, -0.25) is 4.79 Å². The second-order valence-corrected chi connectivity index (χ2v) is 5.65. The lowest BCUT2D eigenvalue weighted by molar-refractivity contribution is 0.414. The number of aromatic amines is 1. The van der Waals surface area contributed by atoms with Crippen molar-refractivity contribution in [2.75, 3.05) is 5.32 Å². The SMILES string of the molecule is O=c1[nH]occ1-c1ccc(F)cc1Nc1ccc(I)cc1. The quantitative estimate of drug-likeness (QED) is 0.655. The van der Waals surface area contributed by atoms with Crippen LogP contribution < -0.4 is 10.9 Å². The fourth-order valence-electron chi connectivity index (χ4n) is 1.98. The summed E-state index contributed by atoms with van der Waals surface area (Å²) < 4.78 is 19.4. The second kappa shape index (κ2) is 5.72. The van der Waals surface area contributed by atoms with E-state index in [1.807, 2.05) is 24.3 Å². The van der Waals surface area contributed by atoms with Crippen molar-refractivity contribution in [3.8, 4) is 11.1 Å². The molecular formula is C15H10FIN2O2. The Labute approximate surface area is 133 Å². The highest BCUT2D eigenvalue weighted by atomic mass is 127. The third-order valence-corrected chi connectivity index (χ3v) is 3.69. The van der Waals surface area contributed by atoms with Crippen LogP contribution in [0.15, 0.2) is 58.0 Å². The summed E-state index contributed by atoms with van der Waals surface area (Å²) in [5, 5.41) is 5.35. The first-order chi connectivity index (χ1) is 10.1. The van der Waals surface area contributed by atoms with E-state index in [4.69, 9.17) is 4.52 Å². The molecule has 106 valence electrons. The van der Waals surface area contributed by atoms with E-state index in [-0.39, 0.29) is 11.4 Å². The molecule has 4 nitrogen and oxygen atoms in total. The van der Waals surface area contributed by atoms with Gasteiger partial charge in [0.25, 0.3) is 5.56 Å². The number of anilines is 2. The van der Waals surface area contributed by atoms with E-state index in [0.717, 1.165) is 9.26 Å². The van der Waals surface area contributed by atoms with Crippen LogP contribution in [0.2, 0.25) is 0 Å². The van der Waals surface area contributed by atoms with Gasteiger partial charge in [0.05, 0.1) is 5.56 Å². The molecule has 0 bridgehead atoms. The van der Waals surface area contributed by atoms with Crippen LogP contribution in [-0.2, 0) is 0 Å². The number of hydrogen-bond acceptors (Lipinski definition) is 3. The molecule has 6 heteroatoms. The maximum Gasteiger partial charge on any atom is 0.287 e. The first-order valence-electron chi connectivity index (χ1n) is 6.12. The average molecular weight is 396 g/mol. The highest BCUT2D eigenvalue weighted by molar-refractivity contribution is 14.1. The fourth-order valence-corrected chi connectivity index (χ4v) is 2.34. The van der Waals surface area contributed by atoms with E-state index in [9.17, 15) is 9.18 Å². The highest BCUT2D eigenvalue weighted by Gasteiger charge is 2.12. The summed E-state index contributed by atoms with van der Waals surface area (Å²) in [6.45, 7) is 0. The van der Waals surface area contributed by atoms with Crippen molar-refractivity contribution < 1.29 is 8.91 Å². The molecule has 0 radical (unpaired) electrons. The minimum absolute atomic E-state index is 0.350. The lowest BCUT2D eigenvalue weighted by atomic mass is 10.1. The fraction of sp³-hybridized carbons (Fsp3) is 0. The summed E-state index contributed by atoms with van der Waals surface area (Å²) >= 11 is 2.21. The molecule has 0 atom stereocenters. The van der Waals surface area contributed by atoms with Crippen LogP contribution in [0.3, 0.4) is 0 Å². The van der Waals surface area contributed by atoms with Crippen LogP contribution in [0.4, 0.5) is 15.8 Å². The molecule has 21 heavy (non-hydrogen) atoms. The number of aromatic nitrogens is 1. The number of rotatable bonds is 3. The van der Waals surface area contributed by atoms with Crippen molar-refractivity contribution in [1.82, 2.24) is 5.16 Å². The standard InChI is InChI=1S/C15H10FIN2O2/c16-9-1-6-12(13-8-21-19-15(13)20)14(7-9)18-11-4-2-10(17)3-5-11/h1-8,18H,(H,19,20). The van der Waals surface area contributed by atoms with Crippen molar-refractivity contribution >= 4 is 34.0 Å². The molecule has 3 aromatic rings. The second-order valence-electron chi connectivity index (χ2n) is 4.40. The molecule has 3 rings (SSSR count). The zero-order valence-corrected chi connectivity index (χ0v) is 12.8. The Bertz CT molecular complexity index is 824. The molecule has 0 saturated heterocycles. The number of H-pyrrole nitrogens is 1. The summed E-state index contributed by atoms with van der Waals surface area (Å²) in [5.74, 6) is -0.383. The Morgan fingerprint density at radius 1 is 1.10 bits per heavy atom. The van der Waals surface area contributed by atoms with Crippen molar-refractivity contribution in [3.63, 3.8) is 0 Å². The van der Waals surface area contributed by atoms with Gasteiger partial charge in [-0.25, -0.2) is 4.39 Å². The van der Waals surface area contributed by atoms with Crippen LogP contribution in [-0.4, -0.2) is 5.16 Å². The molecule has 2 aromatic carbocycles. The molecule has 0 saturated carbocycles. The largest absolute Gasteiger partial charge is 0.386 e. The van der Waals surface area contributed by atoms with E-state index >= 15 is 0 Å². The summed E-state index contributed by atoms with van der Waals surface area (Å²) in [6.07, 6.45) is 1.31. The van der Waals surface area contributed by atoms with Gasteiger partial charge in [-0.05, 0) is 65.1 Å². The van der Waals surface area contributed by atoms with Gasteiger partial charge in [-0.2, -0.15) is 5.16 Å². The number of hydrogen-bond donors (Lipinski definition) is 2.